The van der Waals surface area contributed by atoms with E-state index in [9.17, 15) is 14.4 Å². The first kappa shape index (κ1) is 28.7. The van der Waals surface area contributed by atoms with Crippen molar-refractivity contribution in [2.45, 2.75) is 38.7 Å². The van der Waals surface area contributed by atoms with Gasteiger partial charge in [0.05, 0.1) is 17.8 Å². The van der Waals surface area contributed by atoms with Crippen LogP contribution in [0, 0.1) is 18.2 Å². The van der Waals surface area contributed by atoms with E-state index in [1.807, 2.05) is 30.3 Å². The second-order valence-electron chi connectivity index (χ2n) is 9.12. The molecule has 0 N–H and O–H groups in total. The van der Waals surface area contributed by atoms with Crippen molar-refractivity contribution < 1.29 is 33.0 Å². The Labute approximate surface area is 236 Å². The normalized spacial score (nSPS) is 13.8. The zero-order valence-corrected chi connectivity index (χ0v) is 22.8. The van der Waals surface area contributed by atoms with Gasteiger partial charge in [0, 0.05) is 22.6 Å². The van der Waals surface area contributed by atoms with Gasteiger partial charge in [-0.3, -0.25) is 9.59 Å². The van der Waals surface area contributed by atoms with Crippen molar-refractivity contribution in [2.75, 3.05) is 18.6 Å². The summed E-state index contributed by atoms with van der Waals surface area (Å²) in [6.07, 6.45) is 6.45. The fraction of sp³-hybridized carbons (Fsp3) is 0.258. The number of ether oxygens (including phenoxy) is 3. The van der Waals surface area contributed by atoms with Gasteiger partial charge < -0.3 is 14.2 Å². The quantitative estimate of drug-likeness (QED) is 0.246. The molecule has 7 nitrogen and oxygen atoms in total. The van der Waals surface area contributed by atoms with E-state index < -0.39 is 42.0 Å². The van der Waals surface area contributed by atoms with E-state index in [2.05, 4.69) is 5.92 Å². The number of anilines is 1. The number of amides is 2. The maximum Gasteiger partial charge on any atom is 0.334 e. The molecule has 1 aliphatic rings. The number of esters is 1. The molecule has 2 amide bonds. The number of benzene rings is 3. The van der Waals surface area contributed by atoms with Gasteiger partial charge in [-0.05, 0) is 50.1 Å². The highest BCUT2D eigenvalue weighted by atomic mass is 35.5. The molecule has 1 atom stereocenters. The largest absolute Gasteiger partial charge is 0.483 e. The van der Waals surface area contributed by atoms with Gasteiger partial charge in [0.25, 0.3) is 11.8 Å². The smallest absolute Gasteiger partial charge is 0.334 e. The molecule has 3 aromatic carbocycles. The molecule has 0 saturated carbocycles. The van der Waals surface area contributed by atoms with Crippen LogP contribution in [0.15, 0.2) is 65.7 Å². The maximum atomic E-state index is 15.4. The van der Waals surface area contributed by atoms with E-state index in [1.165, 1.54) is 7.11 Å². The highest BCUT2D eigenvalue weighted by Crippen LogP contribution is 2.36. The number of rotatable bonds is 8. The molecular formula is C31H27ClFNO6. The van der Waals surface area contributed by atoms with Crippen LogP contribution in [0.2, 0.25) is 5.02 Å². The van der Waals surface area contributed by atoms with Gasteiger partial charge >= 0.3 is 5.97 Å². The Morgan fingerprint density at radius 2 is 1.75 bits per heavy atom. The number of carbonyl (C=O) groups excluding carboxylic acids is 3. The van der Waals surface area contributed by atoms with E-state index in [-0.39, 0.29) is 28.3 Å². The Morgan fingerprint density at radius 1 is 1.05 bits per heavy atom. The average molecular weight is 564 g/mol. The first-order valence-corrected chi connectivity index (χ1v) is 13.0. The number of hydrogen-bond donors (Lipinski definition) is 0. The van der Waals surface area contributed by atoms with Crippen molar-refractivity contribution >= 4 is 45.8 Å². The molecule has 0 spiro atoms. The Morgan fingerprint density at radius 3 is 2.48 bits per heavy atom. The summed E-state index contributed by atoms with van der Waals surface area (Å²) in [6.45, 7) is 0.987. The van der Waals surface area contributed by atoms with E-state index >= 15 is 4.39 Å². The number of carbonyl (C=O) groups is 3. The van der Waals surface area contributed by atoms with Gasteiger partial charge in [0.2, 0.25) is 0 Å². The zero-order chi connectivity index (χ0) is 28.8. The number of fused-ring (bicyclic) bond motifs is 1. The number of hydrogen-bond acceptors (Lipinski definition) is 6. The molecule has 206 valence electrons. The summed E-state index contributed by atoms with van der Waals surface area (Å²) in [6, 6.07) is 14.9. The summed E-state index contributed by atoms with van der Waals surface area (Å²) in [4.78, 5) is 40.7. The fourth-order valence-corrected chi connectivity index (χ4v) is 4.71. The second kappa shape index (κ2) is 12.7. The lowest BCUT2D eigenvalue weighted by Gasteiger charge is -2.26. The Balaban J connectivity index is 1.77. The van der Waals surface area contributed by atoms with Gasteiger partial charge in [0.1, 0.15) is 17.3 Å². The first-order chi connectivity index (χ1) is 19.2. The molecule has 1 aliphatic carbocycles. The standard InChI is InChI=1S/C31H27ClFNO6/c1-4-19(2)40-28-17-26(25(33)16-24(28)32)34(30(36)22-13-7-8-14-23(22)31(37)38-3)29(35)18-39-27-15-9-11-20-10-5-6-12-21(20)27/h1,5-6,9-12,15-17,19H,7-8,13-14,18H2,2-3H3. The van der Waals surface area contributed by atoms with Gasteiger partial charge in [0.15, 0.2) is 12.7 Å². The number of halogens is 2. The third-order valence-electron chi connectivity index (χ3n) is 6.49. The molecule has 0 saturated heterocycles. The number of imide groups is 1. The lowest BCUT2D eigenvalue weighted by molar-refractivity contribution is -0.137. The molecule has 0 fully saturated rings. The molecule has 4 rings (SSSR count). The summed E-state index contributed by atoms with van der Waals surface area (Å²) in [5.74, 6) is -0.576. The number of terminal acetylenes is 1. The summed E-state index contributed by atoms with van der Waals surface area (Å²) < 4.78 is 31.7. The predicted molar refractivity (Wildman–Crippen MR) is 150 cm³/mol. The maximum absolute atomic E-state index is 15.4. The van der Waals surface area contributed by atoms with Crippen molar-refractivity contribution in [3.63, 3.8) is 0 Å². The number of nitrogens with zero attached hydrogens (tertiary/aromatic N) is 1. The van der Waals surface area contributed by atoms with E-state index in [0.717, 1.165) is 22.9 Å². The summed E-state index contributed by atoms with van der Waals surface area (Å²) >= 11 is 6.18. The van der Waals surface area contributed by atoms with Crippen LogP contribution < -0.4 is 14.4 Å². The van der Waals surface area contributed by atoms with Crippen LogP contribution in [0.3, 0.4) is 0 Å². The van der Waals surface area contributed by atoms with Crippen LogP contribution in [-0.2, 0) is 19.1 Å². The van der Waals surface area contributed by atoms with Crippen molar-refractivity contribution in [3.8, 4) is 23.8 Å². The highest BCUT2D eigenvalue weighted by molar-refractivity contribution is 6.32. The van der Waals surface area contributed by atoms with Crippen molar-refractivity contribution in [1.29, 1.82) is 0 Å². The monoisotopic (exact) mass is 563 g/mol. The molecule has 0 bridgehead atoms. The van der Waals surface area contributed by atoms with Crippen LogP contribution in [-0.4, -0.2) is 37.6 Å². The topological polar surface area (TPSA) is 82.1 Å². The molecule has 9 heteroatoms. The molecule has 3 aromatic rings. The van der Waals surface area contributed by atoms with E-state index in [1.54, 1.807) is 19.1 Å². The van der Waals surface area contributed by atoms with E-state index in [4.69, 9.17) is 32.2 Å². The minimum absolute atomic E-state index is 0.0186. The van der Waals surface area contributed by atoms with Crippen LogP contribution >= 0.6 is 11.6 Å². The third-order valence-corrected chi connectivity index (χ3v) is 6.79. The molecule has 40 heavy (non-hydrogen) atoms. The Hall–Kier alpha value is -4.35. The zero-order valence-electron chi connectivity index (χ0n) is 22.0. The second-order valence-corrected chi connectivity index (χ2v) is 9.52. The Kier molecular flexibility index (Phi) is 9.08. The number of methoxy groups -OCH3 is 1. The predicted octanol–water partition coefficient (Wildman–Crippen LogP) is 6.02. The van der Waals surface area contributed by atoms with Crippen LogP contribution in [0.4, 0.5) is 10.1 Å². The molecule has 0 aromatic heterocycles. The van der Waals surface area contributed by atoms with Gasteiger partial charge in [-0.2, -0.15) is 0 Å². The molecule has 0 heterocycles. The highest BCUT2D eigenvalue weighted by Gasteiger charge is 2.34. The Bertz CT molecular complexity index is 1540. The summed E-state index contributed by atoms with van der Waals surface area (Å²) in [7, 11) is 1.21. The minimum Gasteiger partial charge on any atom is -0.483 e. The van der Waals surface area contributed by atoms with Crippen molar-refractivity contribution in [3.05, 3.63) is 76.6 Å². The molecule has 0 radical (unpaired) electrons. The van der Waals surface area contributed by atoms with Crippen molar-refractivity contribution in [1.82, 2.24) is 0 Å². The molecule has 0 aliphatic heterocycles. The minimum atomic E-state index is -0.950. The van der Waals surface area contributed by atoms with Gasteiger partial charge in [-0.15, -0.1) is 6.42 Å². The van der Waals surface area contributed by atoms with Crippen LogP contribution in [0.5, 0.6) is 11.5 Å². The van der Waals surface area contributed by atoms with Gasteiger partial charge in [-0.25, -0.2) is 14.1 Å². The van der Waals surface area contributed by atoms with Crippen LogP contribution in [0.1, 0.15) is 32.6 Å². The van der Waals surface area contributed by atoms with Crippen molar-refractivity contribution in [2.24, 2.45) is 0 Å². The fourth-order valence-electron chi connectivity index (χ4n) is 4.51. The average Bonchev–Trinajstić information content (AvgIpc) is 2.97. The summed E-state index contributed by atoms with van der Waals surface area (Å²) in [5.41, 5.74) is -0.189. The molecule has 1 unspecified atom stereocenters. The third kappa shape index (κ3) is 6.11. The first-order valence-electron chi connectivity index (χ1n) is 12.6. The SMILES string of the molecule is C#CC(C)Oc1cc(N(C(=O)COc2cccc3ccccc23)C(=O)C2=C(C(=O)OC)CCCC2)c(F)cc1Cl. The lowest BCUT2D eigenvalue weighted by Crippen LogP contribution is -2.42. The molecular weight excluding hydrogens is 537 g/mol. The summed E-state index contributed by atoms with van der Waals surface area (Å²) in [5, 5.41) is 1.56. The van der Waals surface area contributed by atoms with Gasteiger partial charge in [-0.1, -0.05) is 53.9 Å². The van der Waals surface area contributed by atoms with E-state index in [0.29, 0.717) is 29.9 Å². The van der Waals surface area contributed by atoms with Crippen LogP contribution in [0.25, 0.3) is 10.8 Å². The lowest BCUT2D eigenvalue weighted by atomic mass is 9.90.